The third kappa shape index (κ3) is 5.03. The fourth-order valence-electron chi connectivity index (χ4n) is 3.39. The molecule has 150 valence electrons. The van der Waals surface area contributed by atoms with Crippen LogP contribution in [0.15, 0.2) is 48.5 Å². The van der Waals surface area contributed by atoms with E-state index in [4.69, 9.17) is 9.47 Å². The molecule has 2 aromatic carbocycles. The van der Waals surface area contributed by atoms with E-state index in [2.05, 4.69) is 15.5 Å². The second-order valence-corrected chi connectivity index (χ2v) is 6.99. The molecular formula is C22H29N3O3. The van der Waals surface area contributed by atoms with Gasteiger partial charge in [0.05, 0.1) is 26.4 Å². The molecule has 0 aliphatic carbocycles. The number of methoxy groups -OCH3 is 1. The second-order valence-electron chi connectivity index (χ2n) is 6.99. The maximum absolute atomic E-state index is 12.6. The molecule has 0 bridgehead atoms. The van der Waals surface area contributed by atoms with Crippen molar-refractivity contribution in [2.24, 2.45) is 0 Å². The zero-order valence-electron chi connectivity index (χ0n) is 16.8. The lowest BCUT2D eigenvalue weighted by Crippen LogP contribution is -2.39. The molecule has 2 N–H and O–H groups in total. The van der Waals surface area contributed by atoms with Gasteiger partial charge in [0, 0.05) is 36.1 Å². The number of amides is 1. The van der Waals surface area contributed by atoms with Gasteiger partial charge in [-0.05, 0) is 44.2 Å². The summed E-state index contributed by atoms with van der Waals surface area (Å²) in [5.41, 5.74) is 2.97. The molecule has 1 aliphatic heterocycles. The molecule has 1 amide bonds. The monoisotopic (exact) mass is 383 g/mol. The summed E-state index contributed by atoms with van der Waals surface area (Å²) in [4.78, 5) is 14.9. The van der Waals surface area contributed by atoms with E-state index in [0.717, 1.165) is 49.0 Å². The minimum Gasteiger partial charge on any atom is -0.496 e. The van der Waals surface area contributed by atoms with Gasteiger partial charge in [-0.15, -0.1) is 0 Å². The number of para-hydroxylation sites is 1. The van der Waals surface area contributed by atoms with Crippen molar-refractivity contribution >= 4 is 17.3 Å². The van der Waals surface area contributed by atoms with Gasteiger partial charge in [0.2, 0.25) is 5.91 Å². The number of hydrogen-bond acceptors (Lipinski definition) is 5. The van der Waals surface area contributed by atoms with Crippen LogP contribution in [-0.4, -0.2) is 45.4 Å². The molecule has 6 nitrogen and oxygen atoms in total. The van der Waals surface area contributed by atoms with Gasteiger partial charge in [0.25, 0.3) is 0 Å². The summed E-state index contributed by atoms with van der Waals surface area (Å²) in [6, 6.07) is 15.4. The third-order valence-electron chi connectivity index (χ3n) is 5.01. The molecule has 6 heteroatoms. The van der Waals surface area contributed by atoms with Gasteiger partial charge in [0.1, 0.15) is 5.75 Å². The number of carbonyl (C=O) groups is 1. The highest BCUT2D eigenvalue weighted by Gasteiger charge is 2.19. The van der Waals surface area contributed by atoms with E-state index in [0.29, 0.717) is 0 Å². The van der Waals surface area contributed by atoms with E-state index in [1.54, 1.807) is 7.11 Å². The van der Waals surface area contributed by atoms with Gasteiger partial charge in [-0.25, -0.2) is 0 Å². The molecular weight excluding hydrogens is 354 g/mol. The Labute approximate surface area is 166 Å². The summed E-state index contributed by atoms with van der Waals surface area (Å²) < 4.78 is 10.8. The van der Waals surface area contributed by atoms with Crippen molar-refractivity contribution in [3.8, 4) is 5.75 Å². The summed E-state index contributed by atoms with van der Waals surface area (Å²) in [6.07, 6.45) is 0. The van der Waals surface area contributed by atoms with E-state index in [1.165, 1.54) is 0 Å². The van der Waals surface area contributed by atoms with Crippen LogP contribution >= 0.6 is 0 Å². The van der Waals surface area contributed by atoms with Gasteiger partial charge in [-0.2, -0.15) is 0 Å². The second kappa shape index (κ2) is 9.57. The molecule has 0 unspecified atom stereocenters. The lowest BCUT2D eigenvalue weighted by molar-refractivity contribution is -0.117. The molecule has 3 rings (SSSR count). The Morgan fingerprint density at radius 1 is 1.07 bits per heavy atom. The summed E-state index contributed by atoms with van der Waals surface area (Å²) in [5.74, 6) is 0.745. The molecule has 1 fully saturated rings. The molecule has 0 saturated carbocycles. The van der Waals surface area contributed by atoms with E-state index in [1.807, 2.05) is 62.4 Å². The first kappa shape index (κ1) is 20.2. The van der Waals surface area contributed by atoms with Gasteiger partial charge in [-0.3, -0.25) is 10.1 Å². The Morgan fingerprint density at radius 3 is 2.43 bits per heavy atom. The maximum atomic E-state index is 12.6. The van der Waals surface area contributed by atoms with Crippen molar-refractivity contribution in [2.45, 2.75) is 25.9 Å². The standard InChI is InChI=1S/C22H29N3O3/c1-16(20-6-4-5-7-21(20)27-3)23-17(2)22(26)24-18-8-10-19(11-9-18)25-12-14-28-15-13-25/h4-11,16-17,23H,12-15H2,1-3H3,(H,24,26)/t16-,17-/m0/s1. The summed E-state index contributed by atoms with van der Waals surface area (Å²) in [7, 11) is 1.66. The smallest absolute Gasteiger partial charge is 0.241 e. The maximum Gasteiger partial charge on any atom is 0.241 e. The SMILES string of the molecule is COc1ccccc1[C@H](C)N[C@@H](C)C(=O)Nc1ccc(N2CCOCC2)cc1. The number of nitrogens with zero attached hydrogens (tertiary/aromatic N) is 1. The predicted molar refractivity (Wildman–Crippen MR) is 112 cm³/mol. The first-order valence-electron chi connectivity index (χ1n) is 9.71. The van der Waals surface area contributed by atoms with Gasteiger partial charge in [-0.1, -0.05) is 18.2 Å². The van der Waals surface area contributed by atoms with Gasteiger partial charge < -0.3 is 19.7 Å². The minimum absolute atomic E-state index is 0.0133. The van der Waals surface area contributed by atoms with Crippen molar-refractivity contribution in [3.05, 3.63) is 54.1 Å². The zero-order valence-corrected chi connectivity index (χ0v) is 16.8. The van der Waals surface area contributed by atoms with E-state index < -0.39 is 0 Å². The highest BCUT2D eigenvalue weighted by atomic mass is 16.5. The molecule has 1 heterocycles. The Kier molecular flexibility index (Phi) is 6.90. The fraction of sp³-hybridized carbons (Fsp3) is 0.409. The predicted octanol–water partition coefficient (Wildman–Crippen LogP) is 3.21. The lowest BCUT2D eigenvalue weighted by atomic mass is 10.1. The zero-order chi connectivity index (χ0) is 19.9. The van der Waals surface area contributed by atoms with Crippen LogP contribution in [0.5, 0.6) is 5.75 Å². The molecule has 0 spiro atoms. The van der Waals surface area contributed by atoms with Crippen molar-refractivity contribution < 1.29 is 14.3 Å². The van der Waals surface area contributed by atoms with Crippen LogP contribution in [0.1, 0.15) is 25.5 Å². The summed E-state index contributed by atoms with van der Waals surface area (Å²) in [5, 5.41) is 6.32. The van der Waals surface area contributed by atoms with Gasteiger partial charge >= 0.3 is 0 Å². The summed E-state index contributed by atoms with van der Waals surface area (Å²) >= 11 is 0. The molecule has 1 aliphatic rings. The molecule has 0 aromatic heterocycles. The van der Waals surface area contributed by atoms with Crippen molar-refractivity contribution in [1.29, 1.82) is 0 Å². The molecule has 28 heavy (non-hydrogen) atoms. The Morgan fingerprint density at radius 2 is 1.75 bits per heavy atom. The third-order valence-corrected chi connectivity index (χ3v) is 5.01. The largest absolute Gasteiger partial charge is 0.496 e. The van der Waals surface area contributed by atoms with Crippen LogP contribution in [-0.2, 0) is 9.53 Å². The number of anilines is 2. The first-order chi connectivity index (χ1) is 13.6. The first-order valence-corrected chi connectivity index (χ1v) is 9.71. The number of ether oxygens (including phenoxy) is 2. The topological polar surface area (TPSA) is 62.8 Å². The quantitative estimate of drug-likeness (QED) is 0.769. The number of carbonyl (C=O) groups excluding carboxylic acids is 1. The van der Waals surface area contributed by atoms with Crippen LogP contribution in [0.3, 0.4) is 0 Å². The number of rotatable bonds is 7. The minimum atomic E-state index is -0.348. The molecule has 2 atom stereocenters. The van der Waals surface area contributed by atoms with Crippen LogP contribution in [0.4, 0.5) is 11.4 Å². The Hall–Kier alpha value is -2.57. The van der Waals surface area contributed by atoms with E-state index >= 15 is 0 Å². The fourth-order valence-corrected chi connectivity index (χ4v) is 3.39. The lowest BCUT2D eigenvalue weighted by Gasteiger charge is -2.29. The molecule has 0 radical (unpaired) electrons. The molecule has 2 aromatic rings. The highest BCUT2D eigenvalue weighted by molar-refractivity contribution is 5.94. The Balaban J connectivity index is 1.56. The van der Waals surface area contributed by atoms with Crippen molar-refractivity contribution in [3.63, 3.8) is 0 Å². The van der Waals surface area contributed by atoms with Crippen molar-refractivity contribution in [2.75, 3.05) is 43.6 Å². The number of morpholine rings is 1. The van der Waals surface area contributed by atoms with Crippen LogP contribution in [0.2, 0.25) is 0 Å². The van der Waals surface area contributed by atoms with Gasteiger partial charge in [0.15, 0.2) is 0 Å². The highest BCUT2D eigenvalue weighted by Crippen LogP contribution is 2.25. The number of nitrogens with one attached hydrogen (secondary N) is 2. The average Bonchev–Trinajstić information content (AvgIpc) is 2.74. The summed E-state index contributed by atoms with van der Waals surface area (Å²) in [6.45, 7) is 7.20. The number of benzene rings is 2. The van der Waals surface area contributed by atoms with Crippen LogP contribution in [0.25, 0.3) is 0 Å². The number of hydrogen-bond donors (Lipinski definition) is 2. The normalized spacial score (nSPS) is 16.3. The van der Waals surface area contributed by atoms with E-state index in [-0.39, 0.29) is 18.0 Å². The Bertz CT molecular complexity index is 773. The van der Waals surface area contributed by atoms with Crippen LogP contribution < -0.4 is 20.3 Å². The van der Waals surface area contributed by atoms with Crippen molar-refractivity contribution in [1.82, 2.24) is 5.32 Å². The van der Waals surface area contributed by atoms with E-state index in [9.17, 15) is 4.79 Å². The average molecular weight is 383 g/mol. The van der Waals surface area contributed by atoms with Crippen LogP contribution in [0, 0.1) is 0 Å². The molecule has 1 saturated heterocycles.